The molecule has 0 amide bonds. The van der Waals surface area contributed by atoms with Crippen molar-refractivity contribution in [1.29, 1.82) is 0 Å². The van der Waals surface area contributed by atoms with Crippen LogP contribution in [0.5, 0.6) is 0 Å². The lowest BCUT2D eigenvalue weighted by molar-refractivity contribution is 0.126. The summed E-state index contributed by atoms with van der Waals surface area (Å²) in [6, 6.07) is 0.689. The quantitative estimate of drug-likeness (QED) is 0.532. The molecule has 2 heteroatoms. The van der Waals surface area contributed by atoms with Gasteiger partial charge in [-0.1, -0.05) is 32.6 Å². The molecule has 1 saturated carbocycles. The van der Waals surface area contributed by atoms with Crippen LogP contribution < -0.4 is 5.32 Å². The SMILES string of the molecule is CCNC(CCOCC)C1CCCCCC1. The van der Waals surface area contributed by atoms with Crippen molar-refractivity contribution in [3.8, 4) is 0 Å². The summed E-state index contributed by atoms with van der Waals surface area (Å²) in [6.07, 6.45) is 9.78. The molecular formula is C14H29NO. The molecule has 1 fully saturated rings. The third-order valence-electron chi connectivity index (χ3n) is 3.71. The van der Waals surface area contributed by atoms with E-state index < -0.39 is 0 Å². The first-order chi connectivity index (χ1) is 7.88. The van der Waals surface area contributed by atoms with Gasteiger partial charge in [-0.05, 0) is 38.6 Å². The predicted molar refractivity (Wildman–Crippen MR) is 69.8 cm³/mol. The van der Waals surface area contributed by atoms with Crippen molar-refractivity contribution in [2.75, 3.05) is 19.8 Å². The van der Waals surface area contributed by atoms with Gasteiger partial charge in [0.05, 0.1) is 0 Å². The monoisotopic (exact) mass is 227 g/mol. The lowest BCUT2D eigenvalue weighted by Crippen LogP contribution is -2.37. The average Bonchev–Trinajstić information content (AvgIpc) is 2.57. The van der Waals surface area contributed by atoms with Crippen molar-refractivity contribution in [1.82, 2.24) is 5.32 Å². The summed E-state index contributed by atoms with van der Waals surface area (Å²) < 4.78 is 5.49. The Hall–Kier alpha value is -0.0800. The second-order valence-corrected chi connectivity index (χ2v) is 4.90. The zero-order valence-electron chi connectivity index (χ0n) is 11.1. The molecule has 0 heterocycles. The van der Waals surface area contributed by atoms with E-state index in [1.165, 1.54) is 44.9 Å². The highest BCUT2D eigenvalue weighted by atomic mass is 16.5. The molecule has 1 rings (SSSR count). The van der Waals surface area contributed by atoms with Gasteiger partial charge in [0, 0.05) is 19.3 Å². The van der Waals surface area contributed by atoms with Crippen molar-refractivity contribution in [3.63, 3.8) is 0 Å². The molecule has 0 saturated heterocycles. The van der Waals surface area contributed by atoms with Gasteiger partial charge < -0.3 is 10.1 Å². The fraction of sp³-hybridized carbons (Fsp3) is 1.00. The number of rotatable bonds is 7. The van der Waals surface area contributed by atoms with Crippen LogP contribution in [0.3, 0.4) is 0 Å². The normalized spacial score (nSPS) is 20.6. The Balaban J connectivity index is 2.33. The molecule has 1 aliphatic carbocycles. The Kier molecular flexibility index (Phi) is 7.87. The van der Waals surface area contributed by atoms with Crippen LogP contribution in [0.2, 0.25) is 0 Å². The first kappa shape index (κ1) is 14.0. The number of ether oxygens (including phenoxy) is 1. The number of hydrogen-bond donors (Lipinski definition) is 1. The third kappa shape index (κ3) is 5.31. The minimum Gasteiger partial charge on any atom is -0.382 e. The van der Waals surface area contributed by atoms with E-state index in [9.17, 15) is 0 Å². The van der Waals surface area contributed by atoms with Gasteiger partial charge in [0.25, 0.3) is 0 Å². The summed E-state index contributed by atoms with van der Waals surface area (Å²) in [4.78, 5) is 0. The van der Waals surface area contributed by atoms with Gasteiger partial charge in [0.1, 0.15) is 0 Å². The lowest BCUT2D eigenvalue weighted by Gasteiger charge is -2.27. The minimum absolute atomic E-state index is 0.689. The first-order valence-corrected chi connectivity index (χ1v) is 7.19. The van der Waals surface area contributed by atoms with Crippen molar-refractivity contribution >= 4 is 0 Å². The topological polar surface area (TPSA) is 21.3 Å². The Bertz CT molecular complexity index is 153. The van der Waals surface area contributed by atoms with Gasteiger partial charge in [-0.2, -0.15) is 0 Å². The molecule has 0 aromatic carbocycles. The van der Waals surface area contributed by atoms with E-state index >= 15 is 0 Å². The molecule has 0 aliphatic heterocycles. The van der Waals surface area contributed by atoms with Crippen LogP contribution in [-0.4, -0.2) is 25.8 Å². The predicted octanol–water partition coefficient (Wildman–Crippen LogP) is 3.36. The molecule has 0 spiro atoms. The second-order valence-electron chi connectivity index (χ2n) is 4.90. The van der Waals surface area contributed by atoms with Crippen molar-refractivity contribution in [3.05, 3.63) is 0 Å². The van der Waals surface area contributed by atoms with Crippen LogP contribution in [0.25, 0.3) is 0 Å². The zero-order valence-corrected chi connectivity index (χ0v) is 11.1. The molecule has 0 aromatic heterocycles. The Morgan fingerprint density at radius 2 is 1.81 bits per heavy atom. The van der Waals surface area contributed by atoms with Crippen molar-refractivity contribution < 1.29 is 4.74 Å². The molecule has 0 radical (unpaired) electrons. The summed E-state index contributed by atoms with van der Waals surface area (Å²) in [5, 5.41) is 3.66. The summed E-state index contributed by atoms with van der Waals surface area (Å²) in [7, 11) is 0. The Morgan fingerprint density at radius 3 is 2.38 bits per heavy atom. The van der Waals surface area contributed by atoms with Crippen LogP contribution in [0.1, 0.15) is 58.8 Å². The molecule has 1 atom stereocenters. The molecule has 0 bridgehead atoms. The minimum atomic E-state index is 0.689. The van der Waals surface area contributed by atoms with Crippen LogP contribution in [-0.2, 0) is 4.74 Å². The second kappa shape index (κ2) is 9.00. The number of hydrogen-bond acceptors (Lipinski definition) is 2. The van der Waals surface area contributed by atoms with Gasteiger partial charge in [-0.3, -0.25) is 0 Å². The molecule has 2 nitrogen and oxygen atoms in total. The largest absolute Gasteiger partial charge is 0.382 e. The fourth-order valence-corrected chi connectivity index (χ4v) is 2.83. The smallest absolute Gasteiger partial charge is 0.0480 e. The standard InChI is InChI=1S/C14H29NO/c1-3-15-14(11-12-16-4-2)13-9-7-5-6-8-10-13/h13-15H,3-12H2,1-2H3. The fourth-order valence-electron chi connectivity index (χ4n) is 2.83. The van der Waals surface area contributed by atoms with Crippen LogP contribution in [0.15, 0.2) is 0 Å². The van der Waals surface area contributed by atoms with E-state index in [1.807, 2.05) is 0 Å². The van der Waals surface area contributed by atoms with E-state index in [0.29, 0.717) is 6.04 Å². The highest BCUT2D eigenvalue weighted by Crippen LogP contribution is 2.26. The maximum Gasteiger partial charge on any atom is 0.0480 e. The first-order valence-electron chi connectivity index (χ1n) is 7.19. The summed E-state index contributed by atoms with van der Waals surface area (Å²) in [6.45, 7) is 7.15. The summed E-state index contributed by atoms with van der Waals surface area (Å²) >= 11 is 0. The van der Waals surface area contributed by atoms with Gasteiger partial charge >= 0.3 is 0 Å². The zero-order chi connectivity index (χ0) is 11.6. The molecule has 1 N–H and O–H groups in total. The third-order valence-corrected chi connectivity index (χ3v) is 3.71. The molecule has 1 unspecified atom stereocenters. The average molecular weight is 227 g/mol. The Labute approximate surface area is 101 Å². The highest BCUT2D eigenvalue weighted by molar-refractivity contribution is 4.78. The van der Waals surface area contributed by atoms with Crippen LogP contribution in [0.4, 0.5) is 0 Å². The van der Waals surface area contributed by atoms with E-state index in [2.05, 4.69) is 19.2 Å². The molecule has 16 heavy (non-hydrogen) atoms. The lowest BCUT2D eigenvalue weighted by atomic mass is 9.90. The summed E-state index contributed by atoms with van der Waals surface area (Å²) in [5.74, 6) is 0.892. The van der Waals surface area contributed by atoms with E-state index in [-0.39, 0.29) is 0 Å². The molecule has 1 aliphatic rings. The van der Waals surface area contributed by atoms with E-state index in [4.69, 9.17) is 4.74 Å². The molecule has 96 valence electrons. The van der Waals surface area contributed by atoms with E-state index in [1.54, 1.807) is 0 Å². The van der Waals surface area contributed by atoms with Crippen LogP contribution >= 0.6 is 0 Å². The maximum absolute atomic E-state index is 5.49. The maximum atomic E-state index is 5.49. The Morgan fingerprint density at radius 1 is 1.12 bits per heavy atom. The molecule has 0 aromatic rings. The van der Waals surface area contributed by atoms with Gasteiger partial charge in [0.15, 0.2) is 0 Å². The van der Waals surface area contributed by atoms with Gasteiger partial charge in [0.2, 0.25) is 0 Å². The van der Waals surface area contributed by atoms with Crippen molar-refractivity contribution in [2.45, 2.75) is 64.8 Å². The van der Waals surface area contributed by atoms with Crippen molar-refractivity contribution in [2.24, 2.45) is 5.92 Å². The van der Waals surface area contributed by atoms with Crippen LogP contribution in [0, 0.1) is 5.92 Å². The van der Waals surface area contributed by atoms with Gasteiger partial charge in [-0.25, -0.2) is 0 Å². The van der Waals surface area contributed by atoms with E-state index in [0.717, 1.165) is 25.7 Å². The number of nitrogens with one attached hydrogen (secondary N) is 1. The summed E-state index contributed by atoms with van der Waals surface area (Å²) in [5.41, 5.74) is 0. The molecular weight excluding hydrogens is 198 g/mol. The highest BCUT2D eigenvalue weighted by Gasteiger charge is 2.21. The van der Waals surface area contributed by atoms with Gasteiger partial charge in [-0.15, -0.1) is 0 Å².